The highest BCUT2D eigenvalue weighted by molar-refractivity contribution is 5.93. The highest BCUT2D eigenvalue weighted by Gasteiger charge is 1.98. The van der Waals surface area contributed by atoms with Gasteiger partial charge in [-0.1, -0.05) is 45.9 Å². The van der Waals surface area contributed by atoms with E-state index in [1.165, 1.54) is 0 Å². The average molecular weight is 196 g/mol. The van der Waals surface area contributed by atoms with Crippen molar-refractivity contribution in [1.82, 2.24) is 5.43 Å². The molecule has 0 saturated carbocycles. The van der Waals surface area contributed by atoms with Gasteiger partial charge in [-0.2, -0.15) is 0 Å². The van der Waals surface area contributed by atoms with Crippen molar-refractivity contribution in [3.63, 3.8) is 0 Å². The molecule has 0 aliphatic rings. The lowest BCUT2D eigenvalue weighted by atomic mass is 10.2. The van der Waals surface area contributed by atoms with Crippen LogP contribution in [0.3, 0.4) is 0 Å². The van der Waals surface area contributed by atoms with Crippen molar-refractivity contribution < 1.29 is 4.79 Å². The predicted molar refractivity (Wildman–Crippen MR) is 60.8 cm³/mol. The first-order valence-corrected chi connectivity index (χ1v) is 4.90. The lowest BCUT2D eigenvalue weighted by Gasteiger charge is -1.95. The van der Waals surface area contributed by atoms with Crippen molar-refractivity contribution in [2.24, 2.45) is 5.84 Å². The first-order chi connectivity index (χ1) is 6.84. The van der Waals surface area contributed by atoms with Crippen LogP contribution in [-0.4, -0.2) is 5.91 Å². The molecule has 3 heteroatoms. The molecule has 0 aromatic heterocycles. The van der Waals surface area contributed by atoms with Crippen LogP contribution in [0.1, 0.15) is 38.1 Å². The Morgan fingerprint density at radius 2 is 1.50 bits per heavy atom. The van der Waals surface area contributed by atoms with Gasteiger partial charge in [0.05, 0.1) is 0 Å². The van der Waals surface area contributed by atoms with Gasteiger partial charge in [0.1, 0.15) is 0 Å². The smallest absolute Gasteiger partial charge is 0.265 e. The maximum absolute atomic E-state index is 10.8. The van der Waals surface area contributed by atoms with Gasteiger partial charge in [0.15, 0.2) is 0 Å². The molecule has 1 aromatic carbocycles. The Balaban J connectivity index is 0. The molecule has 1 rings (SSSR count). The van der Waals surface area contributed by atoms with E-state index in [0.29, 0.717) is 5.56 Å². The number of benzene rings is 1. The number of hydrogen-bond donors (Lipinski definition) is 2. The van der Waals surface area contributed by atoms with Crippen LogP contribution in [0.15, 0.2) is 30.3 Å². The number of nitrogen functional groups attached to an aromatic ring is 1. The van der Waals surface area contributed by atoms with E-state index in [1.54, 1.807) is 24.3 Å². The van der Waals surface area contributed by atoms with Crippen LogP contribution in [0, 0.1) is 0 Å². The predicted octanol–water partition coefficient (Wildman–Crippen LogP) is 2.34. The molecule has 0 atom stereocenters. The normalized spacial score (nSPS) is 7.21. The molecule has 0 saturated heterocycles. The Kier molecular flexibility index (Phi) is 12.6. The van der Waals surface area contributed by atoms with Gasteiger partial charge in [-0.05, 0) is 12.1 Å². The van der Waals surface area contributed by atoms with Gasteiger partial charge >= 0.3 is 0 Å². The zero-order valence-electron chi connectivity index (χ0n) is 9.37. The summed E-state index contributed by atoms with van der Waals surface area (Å²) in [7, 11) is 0. The number of carbonyl (C=O) groups excluding carboxylic acids is 1. The summed E-state index contributed by atoms with van der Waals surface area (Å²) in [5, 5.41) is 0. The molecule has 3 nitrogen and oxygen atoms in total. The third-order valence-corrected chi connectivity index (χ3v) is 1.17. The molecule has 3 N–H and O–H groups in total. The molecule has 0 aliphatic carbocycles. The van der Waals surface area contributed by atoms with E-state index in [2.05, 4.69) is 0 Å². The minimum absolute atomic E-state index is 0.263. The zero-order chi connectivity index (χ0) is 11.4. The number of hydrazine groups is 1. The quantitative estimate of drug-likeness (QED) is 0.411. The molecule has 80 valence electrons. The second-order valence-electron chi connectivity index (χ2n) is 1.84. The highest BCUT2D eigenvalue weighted by Crippen LogP contribution is 1.95. The SMILES string of the molecule is CC.CC.NNC(=O)c1ccccc1. The molecule has 14 heavy (non-hydrogen) atoms. The van der Waals surface area contributed by atoms with Crippen LogP contribution < -0.4 is 11.3 Å². The summed E-state index contributed by atoms with van der Waals surface area (Å²) in [5.74, 6) is 4.64. The van der Waals surface area contributed by atoms with Gasteiger partial charge in [-0.25, -0.2) is 5.84 Å². The van der Waals surface area contributed by atoms with Crippen molar-refractivity contribution in [3.8, 4) is 0 Å². The van der Waals surface area contributed by atoms with Crippen LogP contribution in [0.4, 0.5) is 0 Å². The van der Waals surface area contributed by atoms with Gasteiger partial charge in [0.25, 0.3) is 5.91 Å². The summed E-state index contributed by atoms with van der Waals surface area (Å²) < 4.78 is 0. The summed E-state index contributed by atoms with van der Waals surface area (Å²) in [6.07, 6.45) is 0. The minimum atomic E-state index is -0.263. The van der Waals surface area contributed by atoms with Crippen LogP contribution >= 0.6 is 0 Å². The molecular weight excluding hydrogens is 176 g/mol. The molecule has 0 aliphatic heterocycles. The molecule has 0 fully saturated rings. The minimum Gasteiger partial charge on any atom is -0.290 e. The number of rotatable bonds is 1. The standard InChI is InChI=1S/C7H8N2O.2C2H6/c8-9-7(10)6-4-2-1-3-5-6;2*1-2/h1-5H,8H2,(H,9,10);2*1-2H3. The second-order valence-corrected chi connectivity index (χ2v) is 1.84. The number of hydrogen-bond acceptors (Lipinski definition) is 2. The molecule has 0 unspecified atom stereocenters. The molecule has 0 heterocycles. The Hall–Kier alpha value is -1.35. The van der Waals surface area contributed by atoms with E-state index in [1.807, 2.05) is 39.2 Å². The van der Waals surface area contributed by atoms with Gasteiger partial charge in [0, 0.05) is 5.56 Å². The van der Waals surface area contributed by atoms with Crippen molar-refractivity contribution in [2.75, 3.05) is 0 Å². The lowest BCUT2D eigenvalue weighted by Crippen LogP contribution is -2.29. The molecule has 1 aromatic rings. The summed E-state index contributed by atoms with van der Waals surface area (Å²) in [6.45, 7) is 8.00. The zero-order valence-corrected chi connectivity index (χ0v) is 9.37. The Morgan fingerprint density at radius 1 is 1.07 bits per heavy atom. The van der Waals surface area contributed by atoms with Crippen LogP contribution in [0.25, 0.3) is 0 Å². The van der Waals surface area contributed by atoms with E-state index in [-0.39, 0.29) is 5.91 Å². The molecule has 0 spiro atoms. The number of nitrogens with two attached hydrogens (primary N) is 1. The fourth-order valence-corrected chi connectivity index (χ4v) is 0.673. The highest BCUT2D eigenvalue weighted by atomic mass is 16.2. The maximum Gasteiger partial charge on any atom is 0.265 e. The summed E-state index contributed by atoms with van der Waals surface area (Å²) in [4.78, 5) is 10.8. The average Bonchev–Trinajstić information content (AvgIpc) is 2.34. The van der Waals surface area contributed by atoms with E-state index in [4.69, 9.17) is 5.84 Å². The third-order valence-electron chi connectivity index (χ3n) is 1.17. The first kappa shape index (κ1) is 15.1. The topological polar surface area (TPSA) is 55.1 Å². The Morgan fingerprint density at radius 3 is 1.86 bits per heavy atom. The summed E-state index contributed by atoms with van der Waals surface area (Å²) in [6, 6.07) is 8.80. The van der Waals surface area contributed by atoms with E-state index in [0.717, 1.165) is 0 Å². The molecular formula is C11H20N2O. The van der Waals surface area contributed by atoms with Crippen LogP contribution in [0.2, 0.25) is 0 Å². The van der Waals surface area contributed by atoms with Crippen molar-refractivity contribution in [3.05, 3.63) is 35.9 Å². The summed E-state index contributed by atoms with van der Waals surface area (Å²) in [5.41, 5.74) is 2.62. The van der Waals surface area contributed by atoms with Crippen molar-refractivity contribution in [1.29, 1.82) is 0 Å². The summed E-state index contributed by atoms with van der Waals surface area (Å²) >= 11 is 0. The number of amides is 1. The monoisotopic (exact) mass is 196 g/mol. The van der Waals surface area contributed by atoms with Crippen molar-refractivity contribution >= 4 is 5.91 Å². The Bertz CT molecular complexity index is 222. The van der Waals surface area contributed by atoms with Gasteiger partial charge in [0.2, 0.25) is 0 Å². The fourth-order valence-electron chi connectivity index (χ4n) is 0.673. The van der Waals surface area contributed by atoms with E-state index >= 15 is 0 Å². The second kappa shape index (κ2) is 11.6. The van der Waals surface area contributed by atoms with Gasteiger partial charge < -0.3 is 0 Å². The largest absolute Gasteiger partial charge is 0.290 e. The first-order valence-electron chi connectivity index (χ1n) is 4.90. The van der Waals surface area contributed by atoms with Crippen molar-refractivity contribution in [2.45, 2.75) is 27.7 Å². The van der Waals surface area contributed by atoms with E-state index < -0.39 is 0 Å². The number of carbonyl (C=O) groups is 1. The van der Waals surface area contributed by atoms with E-state index in [9.17, 15) is 4.79 Å². The van der Waals surface area contributed by atoms with Gasteiger partial charge in [-0.3, -0.25) is 10.2 Å². The molecule has 1 amide bonds. The Labute approximate surface area is 86.3 Å². The molecule has 0 radical (unpaired) electrons. The van der Waals surface area contributed by atoms with Crippen LogP contribution in [0.5, 0.6) is 0 Å². The maximum atomic E-state index is 10.8. The molecule has 0 bridgehead atoms. The van der Waals surface area contributed by atoms with Crippen LogP contribution in [-0.2, 0) is 0 Å². The third kappa shape index (κ3) is 6.20. The lowest BCUT2D eigenvalue weighted by molar-refractivity contribution is 0.0953. The number of nitrogens with one attached hydrogen (secondary N) is 1. The van der Waals surface area contributed by atoms with Gasteiger partial charge in [-0.15, -0.1) is 0 Å². The fraction of sp³-hybridized carbons (Fsp3) is 0.364.